The van der Waals surface area contributed by atoms with Gasteiger partial charge >= 0.3 is 11.9 Å². The molecule has 80 valence electrons. The van der Waals surface area contributed by atoms with Crippen LogP contribution in [-0.4, -0.2) is 22.2 Å². The number of rotatable bonds is 5. The topological polar surface area (TPSA) is 74.6 Å². The molecule has 0 saturated heterocycles. The fourth-order valence-corrected chi connectivity index (χ4v) is 1.38. The van der Waals surface area contributed by atoms with Gasteiger partial charge in [0.25, 0.3) is 0 Å². The van der Waals surface area contributed by atoms with E-state index in [1.165, 1.54) is 0 Å². The summed E-state index contributed by atoms with van der Waals surface area (Å²) in [6.45, 7) is 5.66. The smallest absolute Gasteiger partial charge is 0.332 e. The normalized spacial score (nSPS) is 14.1. The second kappa shape index (κ2) is 5.42. The van der Waals surface area contributed by atoms with Gasteiger partial charge in [-0.1, -0.05) is 20.8 Å². The van der Waals surface area contributed by atoms with Crippen molar-refractivity contribution in [3.63, 3.8) is 0 Å². The number of hydrogen-bond donors (Lipinski definition) is 2. The van der Waals surface area contributed by atoms with Crippen molar-refractivity contribution in [2.75, 3.05) is 0 Å². The zero-order chi connectivity index (χ0) is 11.3. The first-order valence-corrected chi connectivity index (χ1v) is 4.52. The van der Waals surface area contributed by atoms with E-state index < -0.39 is 11.9 Å². The largest absolute Gasteiger partial charge is 0.478 e. The predicted octanol–water partition coefficient (Wildman–Crippen LogP) is 1.76. The van der Waals surface area contributed by atoms with E-state index in [9.17, 15) is 9.59 Å². The highest BCUT2D eigenvalue weighted by Crippen LogP contribution is 2.19. The molecular formula is C10H16O4. The highest BCUT2D eigenvalue weighted by Gasteiger charge is 2.18. The molecule has 0 saturated carbocycles. The third kappa shape index (κ3) is 4.64. The first-order valence-electron chi connectivity index (χ1n) is 4.52. The van der Waals surface area contributed by atoms with E-state index in [4.69, 9.17) is 10.2 Å². The molecule has 0 rings (SSSR count). The Hall–Kier alpha value is -1.32. The molecular weight excluding hydrogens is 184 g/mol. The molecule has 0 fully saturated rings. The van der Waals surface area contributed by atoms with Crippen molar-refractivity contribution in [1.82, 2.24) is 0 Å². The lowest BCUT2D eigenvalue weighted by atomic mass is 9.91. The molecule has 4 nitrogen and oxygen atoms in total. The zero-order valence-corrected chi connectivity index (χ0v) is 8.65. The molecule has 1 unspecified atom stereocenters. The lowest BCUT2D eigenvalue weighted by Crippen LogP contribution is -2.13. The van der Waals surface area contributed by atoms with Gasteiger partial charge in [-0.25, -0.2) is 9.59 Å². The Morgan fingerprint density at radius 2 is 1.71 bits per heavy atom. The Kier molecular flexibility index (Phi) is 4.91. The average molecular weight is 200 g/mol. The van der Waals surface area contributed by atoms with Crippen LogP contribution in [0, 0.1) is 11.8 Å². The van der Waals surface area contributed by atoms with Crippen LogP contribution in [0.1, 0.15) is 27.2 Å². The average Bonchev–Trinajstić information content (AvgIpc) is 1.97. The number of aliphatic carboxylic acids is 2. The maximum atomic E-state index is 10.7. The van der Waals surface area contributed by atoms with Crippen molar-refractivity contribution >= 4 is 11.9 Å². The van der Waals surface area contributed by atoms with Gasteiger partial charge in [-0.15, -0.1) is 0 Å². The number of carboxylic acids is 2. The summed E-state index contributed by atoms with van der Waals surface area (Å²) in [6, 6.07) is 0. The first-order chi connectivity index (χ1) is 6.34. The van der Waals surface area contributed by atoms with Gasteiger partial charge in [0, 0.05) is 11.6 Å². The maximum absolute atomic E-state index is 10.7. The third-order valence-corrected chi connectivity index (χ3v) is 1.88. The standard InChI is InChI=1S/C10H16O4/c1-6(2)4-7(3)8(10(13)14)5-9(11)12/h5-7H,4H2,1-3H3,(H,11,12)(H,13,14)/b8-5-. The van der Waals surface area contributed by atoms with Crippen LogP contribution in [0.2, 0.25) is 0 Å². The summed E-state index contributed by atoms with van der Waals surface area (Å²) < 4.78 is 0. The molecule has 4 heteroatoms. The first kappa shape index (κ1) is 12.7. The SMILES string of the molecule is CC(C)CC(C)/C(=C/C(=O)O)C(=O)O. The van der Waals surface area contributed by atoms with E-state index in [0.29, 0.717) is 12.3 Å². The van der Waals surface area contributed by atoms with E-state index in [1.54, 1.807) is 6.92 Å². The van der Waals surface area contributed by atoms with Crippen LogP contribution >= 0.6 is 0 Å². The lowest BCUT2D eigenvalue weighted by molar-refractivity contribution is -0.135. The van der Waals surface area contributed by atoms with Gasteiger partial charge < -0.3 is 10.2 Å². The Labute approximate surface area is 83.2 Å². The van der Waals surface area contributed by atoms with Crippen molar-refractivity contribution in [2.45, 2.75) is 27.2 Å². The molecule has 0 aromatic rings. The Morgan fingerprint density at radius 1 is 1.21 bits per heavy atom. The minimum absolute atomic E-state index is 0.0359. The predicted molar refractivity (Wildman–Crippen MR) is 52.0 cm³/mol. The molecule has 14 heavy (non-hydrogen) atoms. The summed E-state index contributed by atoms with van der Waals surface area (Å²) in [6.07, 6.45) is 1.45. The molecule has 2 N–H and O–H groups in total. The number of carbonyl (C=O) groups is 2. The molecule has 0 aliphatic rings. The molecule has 0 aromatic heterocycles. The summed E-state index contributed by atoms with van der Waals surface area (Å²) in [5.41, 5.74) is -0.0359. The maximum Gasteiger partial charge on any atom is 0.332 e. The fourth-order valence-electron chi connectivity index (χ4n) is 1.38. The van der Waals surface area contributed by atoms with Gasteiger partial charge in [-0.2, -0.15) is 0 Å². The van der Waals surface area contributed by atoms with Crippen molar-refractivity contribution in [1.29, 1.82) is 0 Å². The van der Waals surface area contributed by atoms with Crippen LogP contribution in [0.5, 0.6) is 0 Å². The Balaban J connectivity index is 4.66. The second-order valence-electron chi connectivity index (χ2n) is 3.77. The van der Waals surface area contributed by atoms with Crippen molar-refractivity contribution in [3.05, 3.63) is 11.6 Å². The van der Waals surface area contributed by atoms with Crippen LogP contribution in [-0.2, 0) is 9.59 Å². The van der Waals surface area contributed by atoms with Gasteiger partial charge in [0.2, 0.25) is 0 Å². The van der Waals surface area contributed by atoms with Gasteiger partial charge in [0.15, 0.2) is 0 Å². The van der Waals surface area contributed by atoms with E-state index >= 15 is 0 Å². The summed E-state index contributed by atoms with van der Waals surface area (Å²) in [7, 11) is 0. The van der Waals surface area contributed by atoms with Crippen molar-refractivity contribution in [3.8, 4) is 0 Å². The molecule has 0 bridgehead atoms. The lowest BCUT2D eigenvalue weighted by Gasteiger charge is -2.13. The van der Waals surface area contributed by atoms with Crippen LogP contribution in [0.15, 0.2) is 11.6 Å². The quantitative estimate of drug-likeness (QED) is 0.663. The van der Waals surface area contributed by atoms with Crippen molar-refractivity contribution < 1.29 is 19.8 Å². The molecule has 0 amide bonds. The van der Waals surface area contributed by atoms with Gasteiger partial charge in [-0.05, 0) is 18.3 Å². The van der Waals surface area contributed by atoms with Crippen LogP contribution in [0.25, 0.3) is 0 Å². The second-order valence-corrected chi connectivity index (χ2v) is 3.77. The highest BCUT2D eigenvalue weighted by molar-refractivity contribution is 5.94. The van der Waals surface area contributed by atoms with Crippen molar-refractivity contribution in [2.24, 2.45) is 11.8 Å². The van der Waals surface area contributed by atoms with Gasteiger partial charge in [0.05, 0.1) is 0 Å². The Bertz CT molecular complexity index is 253. The van der Waals surface area contributed by atoms with Gasteiger partial charge in [0.1, 0.15) is 0 Å². The van der Waals surface area contributed by atoms with Crippen LogP contribution < -0.4 is 0 Å². The summed E-state index contributed by atoms with van der Waals surface area (Å²) >= 11 is 0. The van der Waals surface area contributed by atoms with Crippen LogP contribution in [0.3, 0.4) is 0 Å². The molecule has 1 atom stereocenters. The molecule has 0 aliphatic heterocycles. The molecule has 0 radical (unpaired) electrons. The van der Waals surface area contributed by atoms with E-state index in [-0.39, 0.29) is 11.5 Å². The number of hydrogen-bond acceptors (Lipinski definition) is 2. The summed E-state index contributed by atoms with van der Waals surface area (Å²) in [5.74, 6) is -2.25. The molecule has 0 aromatic carbocycles. The molecule has 0 heterocycles. The summed E-state index contributed by atoms with van der Waals surface area (Å²) in [5, 5.41) is 17.2. The van der Waals surface area contributed by atoms with E-state index in [1.807, 2.05) is 13.8 Å². The zero-order valence-electron chi connectivity index (χ0n) is 8.65. The fraction of sp³-hybridized carbons (Fsp3) is 0.600. The molecule has 0 aliphatic carbocycles. The van der Waals surface area contributed by atoms with E-state index in [0.717, 1.165) is 6.08 Å². The number of carboxylic acid groups (broad SMARTS) is 2. The monoisotopic (exact) mass is 200 g/mol. The summed E-state index contributed by atoms with van der Waals surface area (Å²) in [4.78, 5) is 21.1. The minimum Gasteiger partial charge on any atom is -0.478 e. The highest BCUT2D eigenvalue weighted by atomic mass is 16.4. The minimum atomic E-state index is -1.21. The molecule has 0 spiro atoms. The van der Waals surface area contributed by atoms with Gasteiger partial charge in [-0.3, -0.25) is 0 Å². The third-order valence-electron chi connectivity index (χ3n) is 1.88. The van der Waals surface area contributed by atoms with E-state index in [2.05, 4.69) is 0 Å². The Morgan fingerprint density at radius 3 is 2.00 bits per heavy atom. The van der Waals surface area contributed by atoms with Crippen LogP contribution in [0.4, 0.5) is 0 Å².